The molecule has 0 bridgehead atoms. The second-order valence-electron chi connectivity index (χ2n) is 4.50. The van der Waals surface area contributed by atoms with Gasteiger partial charge in [-0.25, -0.2) is 0 Å². The lowest BCUT2D eigenvalue weighted by Crippen LogP contribution is -2.38. The molecule has 0 radical (unpaired) electrons. The van der Waals surface area contributed by atoms with E-state index in [1.165, 1.54) is 0 Å². The number of hydrogen-bond acceptors (Lipinski definition) is 3. The summed E-state index contributed by atoms with van der Waals surface area (Å²) in [6, 6.07) is -0.814. The molecule has 1 atom stereocenters. The highest BCUT2D eigenvalue weighted by Crippen LogP contribution is 2.14. The maximum Gasteiger partial charge on any atom is 0.324 e. The summed E-state index contributed by atoms with van der Waals surface area (Å²) >= 11 is 0. The van der Waals surface area contributed by atoms with Crippen molar-refractivity contribution in [3.8, 4) is 0 Å². The summed E-state index contributed by atoms with van der Waals surface area (Å²) in [5.74, 6) is -0.286. The molecule has 0 saturated carbocycles. The Kier molecular flexibility index (Phi) is 4.29. The molecule has 1 unspecified atom stereocenters. The molecule has 15 heavy (non-hydrogen) atoms. The number of nitrogens with two attached hydrogens (primary N) is 1. The van der Waals surface area contributed by atoms with Crippen molar-refractivity contribution in [1.29, 1.82) is 0 Å². The van der Waals surface area contributed by atoms with Gasteiger partial charge in [0.25, 0.3) is 0 Å². The molecule has 1 aliphatic rings. The minimum atomic E-state index is -0.932. The van der Waals surface area contributed by atoms with E-state index in [1.807, 2.05) is 6.08 Å². The Balaban J connectivity index is 2.48. The molecule has 4 heteroatoms. The predicted molar refractivity (Wildman–Crippen MR) is 59.6 cm³/mol. The van der Waals surface area contributed by atoms with Crippen LogP contribution in [0.3, 0.4) is 0 Å². The Hall–Kier alpha value is -0.870. The van der Waals surface area contributed by atoms with Gasteiger partial charge < -0.3 is 10.8 Å². The molecule has 3 N–H and O–H groups in total. The largest absolute Gasteiger partial charge is 0.480 e. The van der Waals surface area contributed by atoms with E-state index in [4.69, 9.17) is 10.8 Å². The summed E-state index contributed by atoms with van der Waals surface area (Å²) in [6.45, 7) is 7.18. The molecule has 0 saturated heterocycles. The third-order valence-corrected chi connectivity index (χ3v) is 2.62. The van der Waals surface area contributed by atoms with Crippen molar-refractivity contribution in [1.82, 2.24) is 4.90 Å². The molecule has 0 aromatic rings. The number of carbonyl (C=O) groups is 1. The number of hydrogen-bond donors (Lipinski definition) is 2. The second kappa shape index (κ2) is 5.28. The van der Waals surface area contributed by atoms with Crippen LogP contribution in [-0.4, -0.2) is 41.7 Å². The number of rotatable bonds is 4. The molecule has 1 aliphatic heterocycles. The van der Waals surface area contributed by atoms with Gasteiger partial charge in [0.05, 0.1) is 0 Å². The van der Waals surface area contributed by atoms with Crippen molar-refractivity contribution in [3.63, 3.8) is 0 Å². The van der Waals surface area contributed by atoms with E-state index in [-0.39, 0.29) is 0 Å². The average molecular weight is 212 g/mol. The smallest absolute Gasteiger partial charge is 0.324 e. The van der Waals surface area contributed by atoms with Crippen LogP contribution in [0.25, 0.3) is 0 Å². The van der Waals surface area contributed by atoms with Crippen LogP contribution in [0.1, 0.15) is 20.3 Å². The summed E-state index contributed by atoms with van der Waals surface area (Å²) in [7, 11) is 0. The molecule has 4 nitrogen and oxygen atoms in total. The first-order valence-electron chi connectivity index (χ1n) is 5.40. The maximum absolute atomic E-state index is 10.7. The van der Waals surface area contributed by atoms with Gasteiger partial charge in [-0.05, 0) is 17.9 Å². The fourth-order valence-electron chi connectivity index (χ4n) is 1.85. The quantitative estimate of drug-likeness (QED) is 0.673. The minimum Gasteiger partial charge on any atom is -0.480 e. The Morgan fingerprint density at radius 2 is 2.33 bits per heavy atom. The third-order valence-electron chi connectivity index (χ3n) is 2.62. The average Bonchev–Trinajstić information content (AvgIpc) is 2.17. The summed E-state index contributed by atoms with van der Waals surface area (Å²) in [5, 5.41) is 8.77. The van der Waals surface area contributed by atoms with Crippen molar-refractivity contribution in [2.75, 3.05) is 19.6 Å². The van der Waals surface area contributed by atoms with Gasteiger partial charge in [0.15, 0.2) is 0 Å². The highest BCUT2D eigenvalue weighted by molar-refractivity contribution is 5.77. The van der Waals surface area contributed by atoms with Gasteiger partial charge in [-0.1, -0.05) is 19.9 Å². The molecule has 0 spiro atoms. The van der Waals surface area contributed by atoms with E-state index in [1.54, 1.807) is 0 Å². The van der Waals surface area contributed by atoms with Crippen LogP contribution in [0.15, 0.2) is 11.6 Å². The van der Waals surface area contributed by atoms with Crippen LogP contribution in [0.4, 0.5) is 0 Å². The van der Waals surface area contributed by atoms with Gasteiger partial charge in [0, 0.05) is 19.6 Å². The fourth-order valence-corrected chi connectivity index (χ4v) is 1.85. The van der Waals surface area contributed by atoms with Crippen molar-refractivity contribution < 1.29 is 9.90 Å². The van der Waals surface area contributed by atoms with Gasteiger partial charge in [0.1, 0.15) is 6.04 Å². The van der Waals surface area contributed by atoms with E-state index >= 15 is 0 Å². The van der Waals surface area contributed by atoms with E-state index in [0.29, 0.717) is 5.92 Å². The predicted octanol–water partition coefficient (Wildman–Crippen LogP) is 0.686. The second-order valence-corrected chi connectivity index (χ2v) is 4.50. The van der Waals surface area contributed by atoms with Crippen LogP contribution in [0, 0.1) is 5.92 Å². The Morgan fingerprint density at radius 1 is 1.67 bits per heavy atom. The lowest BCUT2D eigenvalue weighted by Gasteiger charge is -2.28. The SMILES string of the molecule is CC(C)CN1CC=C(C(N)C(=O)O)CC1. The molecule has 0 amide bonds. The van der Waals surface area contributed by atoms with E-state index < -0.39 is 12.0 Å². The first kappa shape index (κ1) is 12.2. The number of carboxylic acids is 1. The highest BCUT2D eigenvalue weighted by Gasteiger charge is 2.21. The van der Waals surface area contributed by atoms with Crippen molar-refractivity contribution in [3.05, 3.63) is 11.6 Å². The van der Waals surface area contributed by atoms with Crippen LogP contribution in [0.5, 0.6) is 0 Å². The first-order chi connectivity index (χ1) is 7.00. The van der Waals surface area contributed by atoms with Crippen LogP contribution in [-0.2, 0) is 4.79 Å². The molecule has 1 heterocycles. The zero-order chi connectivity index (χ0) is 11.4. The molecule has 86 valence electrons. The van der Waals surface area contributed by atoms with Gasteiger partial charge in [-0.2, -0.15) is 0 Å². The highest BCUT2D eigenvalue weighted by atomic mass is 16.4. The Labute approximate surface area is 90.7 Å². The molecule has 1 rings (SSSR count). The standard InChI is InChI=1S/C11H20N2O2/c1-8(2)7-13-5-3-9(4-6-13)10(12)11(14)15/h3,8,10H,4-7,12H2,1-2H3,(H,14,15). The topological polar surface area (TPSA) is 66.6 Å². The van der Waals surface area contributed by atoms with Gasteiger partial charge >= 0.3 is 5.97 Å². The summed E-state index contributed by atoms with van der Waals surface area (Å²) in [5.41, 5.74) is 6.41. The van der Waals surface area contributed by atoms with Crippen LogP contribution < -0.4 is 5.73 Å². The lowest BCUT2D eigenvalue weighted by atomic mass is 10.0. The number of aliphatic carboxylic acids is 1. The Morgan fingerprint density at radius 3 is 2.73 bits per heavy atom. The lowest BCUT2D eigenvalue weighted by molar-refractivity contribution is -0.137. The van der Waals surface area contributed by atoms with Gasteiger partial charge in [0.2, 0.25) is 0 Å². The third kappa shape index (κ3) is 3.64. The first-order valence-corrected chi connectivity index (χ1v) is 5.40. The Bertz CT molecular complexity index is 261. The van der Waals surface area contributed by atoms with Crippen molar-refractivity contribution in [2.24, 2.45) is 11.7 Å². The fraction of sp³-hybridized carbons (Fsp3) is 0.727. The van der Waals surface area contributed by atoms with Crippen LogP contribution in [0.2, 0.25) is 0 Å². The molecule has 0 aromatic carbocycles. The maximum atomic E-state index is 10.7. The van der Waals surface area contributed by atoms with Crippen molar-refractivity contribution in [2.45, 2.75) is 26.3 Å². The molecule has 0 aliphatic carbocycles. The zero-order valence-electron chi connectivity index (χ0n) is 9.44. The summed E-state index contributed by atoms with van der Waals surface area (Å²) in [6.07, 6.45) is 2.74. The van der Waals surface area contributed by atoms with E-state index in [0.717, 1.165) is 31.6 Å². The van der Waals surface area contributed by atoms with Crippen LogP contribution >= 0.6 is 0 Å². The summed E-state index contributed by atoms with van der Waals surface area (Å²) < 4.78 is 0. The molecule has 0 fully saturated rings. The van der Waals surface area contributed by atoms with Crippen molar-refractivity contribution >= 4 is 5.97 Å². The van der Waals surface area contributed by atoms with E-state index in [9.17, 15) is 4.79 Å². The molecule has 0 aromatic heterocycles. The molecular formula is C11H20N2O2. The minimum absolute atomic E-state index is 0.646. The van der Waals surface area contributed by atoms with Gasteiger partial charge in [-0.15, -0.1) is 0 Å². The van der Waals surface area contributed by atoms with Gasteiger partial charge in [-0.3, -0.25) is 9.69 Å². The normalized spacial score (nSPS) is 20.1. The zero-order valence-corrected chi connectivity index (χ0v) is 9.44. The number of nitrogens with zero attached hydrogens (tertiary/aromatic N) is 1. The molecular weight excluding hydrogens is 192 g/mol. The monoisotopic (exact) mass is 212 g/mol. The van der Waals surface area contributed by atoms with E-state index in [2.05, 4.69) is 18.7 Å². The summed E-state index contributed by atoms with van der Waals surface area (Å²) in [4.78, 5) is 13.0. The number of carboxylic acid groups (broad SMARTS) is 1.